The Morgan fingerprint density at radius 1 is 1.42 bits per heavy atom. The van der Waals surface area contributed by atoms with Crippen molar-refractivity contribution in [1.82, 2.24) is 14.6 Å². The highest BCUT2D eigenvalue weighted by Crippen LogP contribution is 2.52. The second-order valence-corrected chi connectivity index (χ2v) is 9.79. The molecule has 130 valence electrons. The molecule has 1 saturated heterocycles. The van der Waals surface area contributed by atoms with Gasteiger partial charge < -0.3 is 9.64 Å². The van der Waals surface area contributed by atoms with E-state index >= 15 is 0 Å². The molecular formula is C15H19BrN4O3S. The van der Waals surface area contributed by atoms with E-state index in [-0.39, 0.29) is 6.04 Å². The number of fused-ring (bicyclic) bond motifs is 1. The molecule has 1 aliphatic carbocycles. The van der Waals surface area contributed by atoms with Gasteiger partial charge in [-0.15, -0.1) is 0 Å². The number of nitrogens with zero attached hydrogens (tertiary/aromatic N) is 4. The van der Waals surface area contributed by atoms with Crippen LogP contribution in [0, 0.1) is 0 Å². The molecule has 0 spiro atoms. The number of hydrogen-bond donors (Lipinski definition) is 0. The first-order valence-electron chi connectivity index (χ1n) is 7.92. The van der Waals surface area contributed by atoms with Crippen LogP contribution in [0.1, 0.15) is 25.5 Å². The smallest absolute Gasteiger partial charge is 0.171 e. The van der Waals surface area contributed by atoms with E-state index in [2.05, 4.69) is 32.9 Å². The summed E-state index contributed by atoms with van der Waals surface area (Å²) in [6, 6.07) is 2.08. The number of sulfone groups is 1. The number of ether oxygens (including phenoxy) is 1. The van der Waals surface area contributed by atoms with Crippen LogP contribution in [0.15, 0.2) is 16.7 Å². The molecule has 0 amide bonds. The van der Waals surface area contributed by atoms with Crippen molar-refractivity contribution in [3.63, 3.8) is 0 Å². The first-order chi connectivity index (χ1) is 11.3. The molecule has 0 unspecified atom stereocenters. The van der Waals surface area contributed by atoms with Crippen molar-refractivity contribution in [1.29, 1.82) is 0 Å². The van der Waals surface area contributed by atoms with Crippen LogP contribution < -0.4 is 4.90 Å². The van der Waals surface area contributed by atoms with Crippen LogP contribution in [0.3, 0.4) is 0 Å². The Kier molecular flexibility index (Phi) is 3.67. The Hall–Kier alpha value is -1.19. The molecule has 2 aromatic rings. The fourth-order valence-corrected chi connectivity index (χ4v) is 5.11. The average Bonchev–Trinajstić information content (AvgIpc) is 3.27. The number of morpholine rings is 1. The van der Waals surface area contributed by atoms with Gasteiger partial charge >= 0.3 is 0 Å². The van der Waals surface area contributed by atoms with Crippen LogP contribution in [-0.2, 0) is 19.3 Å². The van der Waals surface area contributed by atoms with E-state index in [9.17, 15) is 8.42 Å². The fourth-order valence-electron chi connectivity index (χ4n) is 3.39. The van der Waals surface area contributed by atoms with Crippen LogP contribution >= 0.6 is 15.9 Å². The standard InChI is InChI=1S/C15H19BrN4O3S/c1-10-9-23-6-5-19(10)13-7-12(15(3-4-15)24(2,21)22)20-14(18-13)11(16)8-17-20/h7-8,10H,3-6,9H2,1-2H3/t10-/m1/s1. The van der Waals surface area contributed by atoms with Crippen LogP contribution in [0.4, 0.5) is 5.82 Å². The molecular weight excluding hydrogens is 396 g/mol. The van der Waals surface area contributed by atoms with Crippen molar-refractivity contribution >= 4 is 37.2 Å². The Morgan fingerprint density at radius 2 is 2.17 bits per heavy atom. The molecule has 9 heteroatoms. The molecule has 2 fully saturated rings. The SMILES string of the molecule is C[C@@H]1COCCN1c1cc(C2(S(C)(=O)=O)CC2)n2ncc(Br)c2n1. The lowest BCUT2D eigenvalue weighted by Crippen LogP contribution is -2.44. The maximum Gasteiger partial charge on any atom is 0.171 e. The molecule has 4 rings (SSSR count). The summed E-state index contributed by atoms with van der Waals surface area (Å²) in [6.07, 6.45) is 4.22. The summed E-state index contributed by atoms with van der Waals surface area (Å²) in [4.78, 5) is 6.89. The van der Waals surface area contributed by atoms with Crippen molar-refractivity contribution in [2.75, 3.05) is 30.9 Å². The van der Waals surface area contributed by atoms with Gasteiger partial charge in [-0.05, 0) is 35.7 Å². The van der Waals surface area contributed by atoms with Gasteiger partial charge in [-0.25, -0.2) is 17.9 Å². The van der Waals surface area contributed by atoms with Gasteiger partial charge in [0.15, 0.2) is 15.5 Å². The van der Waals surface area contributed by atoms with E-state index < -0.39 is 14.6 Å². The highest BCUT2D eigenvalue weighted by atomic mass is 79.9. The summed E-state index contributed by atoms with van der Waals surface area (Å²) in [7, 11) is -3.23. The number of anilines is 1. The zero-order valence-corrected chi connectivity index (χ0v) is 16.0. The van der Waals surface area contributed by atoms with Crippen LogP contribution in [-0.4, -0.2) is 55.1 Å². The third-order valence-corrected chi connectivity index (χ3v) is 7.55. The van der Waals surface area contributed by atoms with Crippen LogP contribution in [0.5, 0.6) is 0 Å². The van der Waals surface area contributed by atoms with E-state index in [1.165, 1.54) is 6.26 Å². The highest BCUT2D eigenvalue weighted by molar-refractivity contribution is 9.10. The molecule has 0 N–H and O–H groups in total. The van der Waals surface area contributed by atoms with Crippen molar-refractivity contribution in [2.24, 2.45) is 0 Å². The Morgan fingerprint density at radius 3 is 2.79 bits per heavy atom. The molecule has 7 nitrogen and oxygen atoms in total. The summed E-state index contributed by atoms with van der Waals surface area (Å²) < 4.78 is 31.9. The summed E-state index contributed by atoms with van der Waals surface area (Å²) in [6.45, 7) is 4.10. The number of halogens is 1. The third kappa shape index (κ3) is 2.36. The largest absolute Gasteiger partial charge is 0.377 e. The van der Waals surface area contributed by atoms with Crippen molar-refractivity contribution in [3.05, 3.63) is 22.4 Å². The maximum atomic E-state index is 12.4. The lowest BCUT2D eigenvalue weighted by atomic mass is 10.2. The van der Waals surface area contributed by atoms with Crippen molar-refractivity contribution < 1.29 is 13.2 Å². The first-order valence-corrected chi connectivity index (χ1v) is 10.6. The molecule has 0 aromatic carbocycles. The van der Waals surface area contributed by atoms with Gasteiger partial charge in [-0.3, -0.25) is 0 Å². The topological polar surface area (TPSA) is 76.8 Å². The van der Waals surface area contributed by atoms with Gasteiger partial charge in [0.25, 0.3) is 0 Å². The van der Waals surface area contributed by atoms with Gasteiger partial charge in [0.2, 0.25) is 0 Å². The Labute approximate surface area is 149 Å². The predicted molar refractivity (Wildman–Crippen MR) is 94.1 cm³/mol. The van der Waals surface area contributed by atoms with Crippen molar-refractivity contribution in [3.8, 4) is 0 Å². The quantitative estimate of drug-likeness (QED) is 0.761. The summed E-state index contributed by atoms with van der Waals surface area (Å²) in [5.41, 5.74) is 1.35. The van der Waals surface area contributed by atoms with Crippen molar-refractivity contribution in [2.45, 2.75) is 30.6 Å². The average molecular weight is 415 g/mol. The Balaban J connectivity index is 1.93. The van der Waals surface area contributed by atoms with Gasteiger partial charge in [-0.1, -0.05) is 0 Å². The summed E-state index contributed by atoms with van der Waals surface area (Å²) in [5.74, 6) is 0.782. The van der Waals surface area contributed by atoms with E-state index in [0.29, 0.717) is 37.4 Å². The molecule has 2 aromatic heterocycles. The monoisotopic (exact) mass is 414 g/mol. The van der Waals surface area contributed by atoms with E-state index in [1.807, 2.05) is 6.07 Å². The molecule has 2 aliphatic rings. The number of aromatic nitrogens is 3. The molecule has 1 aliphatic heterocycles. The molecule has 3 heterocycles. The molecule has 1 saturated carbocycles. The normalized spacial score (nSPS) is 23.6. The zero-order valence-electron chi connectivity index (χ0n) is 13.6. The summed E-state index contributed by atoms with van der Waals surface area (Å²) in [5, 5.41) is 4.34. The third-order valence-electron chi connectivity index (χ3n) is 4.96. The zero-order chi connectivity index (χ0) is 17.1. The minimum absolute atomic E-state index is 0.191. The van der Waals surface area contributed by atoms with Gasteiger partial charge in [0.1, 0.15) is 10.6 Å². The minimum Gasteiger partial charge on any atom is -0.377 e. The summed E-state index contributed by atoms with van der Waals surface area (Å²) >= 11 is 3.47. The van der Waals surface area contributed by atoms with Crippen LogP contribution in [0.25, 0.3) is 5.65 Å². The van der Waals surface area contributed by atoms with Gasteiger partial charge in [0, 0.05) is 18.9 Å². The maximum absolute atomic E-state index is 12.4. The second-order valence-electron chi connectivity index (χ2n) is 6.61. The fraction of sp³-hybridized carbons (Fsp3) is 0.600. The second kappa shape index (κ2) is 5.40. The van der Waals surface area contributed by atoms with Gasteiger partial charge in [0.05, 0.1) is 35.6 Å². The van der Waals surface area contributed by atoms with E-state index in [1.54, 1.807) is 10.7 Å². The Bertz CT molecular complexity index is 907. The lowest BCUT2D eigenvalue weighted by Gasteiger charge is -2.34. The highest BCUT2D eigenvalue weighted by Gasteiger charge is 2.55. The van der Waals surface area contributed by atoms with E-state index in [4.69, 9.17) is 9.72 Å². The molecule has 0 radical (unpaired) electrons. The minimum atomic E-state index is -3.23. The predicted octanol–water partition coefficient (Wildman–Crippen LogP) is 1.75. The number of rotatable bonds is 3. The molecule has 1 atom stereocenters. The first kappa shape index (κ1) is 16.3. The van der Waals surface area contributed by atoms with Gasteiger partial charge in [-0.2, -0.15) is 5.10 Å². The van der Waals surface area contributed by atoms with Crippen LogP contribution in [0.2, 0.25) is 0 Å². The number of hydrogen-bond acceptors (Lipinski definition) is 6. The molecule has 24 heavy (non-hydrogen) atoms. The lowest BCUT2D eigenvalue weighted by molar-refractivity contribution is 0.0985. The molecule has 0 bridgehead atoms. The van der Waals surface area contributed by atoms with E-state index in [0.717, 1.165) is 16.8 Å².